The zero-order valence-electron chi connectivity index (χ0n) is 24.7. The van der Waals surface area contributed by atoms with Gasteiger partial charge in [0.05, 0.1) is 18.8 Å². The Kier molecular flexibility index (Phi) is 10.1. The number of nitrogens with zero attached hydrogens (tertiary/aromatic N) is 3. The van der Waals surface area contributed by atoms with Gasteiger partial charge in [-0.25, -0.2) is 4.79 Å². The van der Waals surface area contributed by atoms with Crippen LogP contribution in [-0.2, 0) is 11.3 Å². The fourth-order valence-electron chi connectivity index (χ4n) is 5.48. The number of amides is 3. The zero-order chi connectivity index (χ0) is 29.3. The molecule has 0 saturated carbocycles. The van der Waals surface area contributed by atoms with Crippen molar-refractivity contribution < 1.29 is 14.3 Å². The largest absolute Gasteiger partial charge is 0.379 e. The lowest BCUT2D eigenvalue weighted by molar-refractivity contribution is 0.0383. The van der Waals surface area contributed by atoms with Gasteiger partial charge in [0, 0.05) is 76.0 Å². The molecule has 2 heterocycles. The number of rotatable bonds is 9. The first kappa shape index (κ1) is 29.6. The second kappa shape index (κ2) is 14.3. The summed E-state index contributed by atoms with van der Waals surface area (Å²) < 4.78 is 5.44. The maximum absolute atomic E-state index is 13.5. The molecule has 2 saturated heterocycles. The molecule has 9 heteroatoms. The molecule has 0 bridgehead atoms. The molecule has 0 atom stereocenters. The molecule has 3 N–H and O–H groups in total. The molecule has 0 aliphatic carbocycles. The third-order valence-corrected chi connectivity index (χ3v) is 8.13. The van der Waals surface area contributed by atoms with Gasteiger partial charge in [-0.15, -0.1) is 0 Å². The van der Waals surface area contributed by atoms with Gasteiger partial charge in [0.25, 0.3) is 5.91 Å². The Hall–Kier alpha value is -3.92. The van der Waals surface area contributed by atoms with Gasteiger partial charge in [0.1, 0.15) is 0 Å². The van der Waals surface area contributed by atoms with Crippen molar-refractivity contribution in [2.45, 2.75) is 20.4 Å². The van der Waals surface area contributed by atoms with Crippen molar-refractivity contribution in [2.75, 3.05) is 81.1 Å². The molecule has 42 heavy (non-hydrogen) atoms. The van der Waals surface area contributed by atoms with Crippen LogP contribution in [0.5, 0.6) is 0 Å². The van der Waals surface area contributed by atoms with Crippen LogP contribution in [0, 0.1) is 13.8 Å². The smallest absolute Gasteiger partial charge is 0.323 e. The fraction of sp³-hybridized carbons (Fsp3) is 0.394. The van der Waals surface area contributed by atoms with Crippen LogP contribution in [0.25, 0.3) is 0 Å². The van der Waals surface area contributed by atoms with Gasteiger partial charge in [-0.05, 0) is 54.8 Å². The zero-order valence-corrected chi connectivity index (χ0v) is 24.7. The summed E-state index contributed by atoms with van der Waals surface area (Å²) in [7, 11) is 0. The van der Waals surface area contributed by atoms with Crippen LogP contribution in [0.2, 0.25) is 0 Å². The van der Waals surface area contributed by atoms with Crippen LogP contribution in [0.3, 0.4) is 0 Å². The highest BCUT2D eigenvalue weighted by atomic mass is 16.5. The van der Waals surface area contributed by atoms with Crippen molar-refractivity contribution in [3.8, 4) is 0 Å². The minimum atomic E-state index is -0.343. The average Bonchev–Trinajstić information content (AvgIpc) is 3.01. The quantitative estimate of drug-likeness (QED) is 0.355. The van der Waals surface area contributed by atoms with E-state index in [4.69, 9.17) is 4.74 Å². The normalized spacial score (nSPS) is 16.2. The highest BCUT2D eigenvalue weighted by Crippen LogP contribution is 2.27. The molecule has 0 aromatic heterocycles. The van der Waals surface area contributed by atoms with E-state index in [1.165, 1.54) is 5.56 Å². The summed E-state index contributed by atoms with van der Waals surface area (Å²) >= 11 is 0. The molecular weight excluding hydrogens is 528 g/mol. The molecule has 0 radical (unpaired) electrons. The molecule has 0 unspecified atom stereocenters. The lowest BCUT2D eigenvalue weighted by atomic mass is 10.1. The summed E-state index contributed by atoms with van der Waals surface area (Å²) in [5.41, 5.74) is 6.23. The molecule has 0 spiro atoms. The first-order chi connectivity index (χ1) is 20.5. The number of benzene rings is 3. The molecule has 222 valence electrons. The highest BCUT2D eigenvalue weighted by Gasteiger charge is 2.23. The molecule has 2 aliphatic rings. The van der Waals surface area contributed by atoms with E-state index >= 15 is 0 Å². The number of carbonyl (C=O) groups is 2. The second-order valence-corrected chi connectivity index (χ2v) is 11.0. The maximum atomic E-state index is 13.5. The van der Waals surface area contributed by atoms with Gasteiger partial charge < -0.3 is 25.6 Å². The van der Waals surface area contributed by atoms with Crippen LogP contribution >= 0.6 is 0 Å². The van der Waals surface area contributed by atoms with Gasteiger partial charge in [-0.2, -0.15) is 0 Å². The van der Waals surface area contributed by atoms with Crippen LogP contribution in [0.1, 0.15) is 27.0 Å². The van der Waals surface area contributed by atoms with E-state index in [9.17, 15) is 9.59 Å². The number of carbonyl (C=O) groups excluding carboxylic acids is 2. The minimum absolute atomic E-state index is 0.136. The van der Waals surface area contributed by atoms with E-state index < -0.39 is 0 Å². The van der Waals surface area contributed by atoms with E-state index in [2.05, 4.69) is 54.9 Å². The number of hydrogen-bond acceptors (Lipinski definition) is 6. The number of morpholine rings is 1. The summed E-state index contributed by atoms with van der Waals surface area (Å²) in [6, 6.07) is 21.6. The Morgan fingerprint density at radius 1 is 0.810 bits per heavy atom. The van der Waals surface area contributed by atoms with E-state index in [1.807, 2.05) is 50.2 Å². The number of urea groups is 1. The van der Waals surface area contributed by atoms with E-state index in [1.54, 1.807) is 6.07 Å². The van der Waals surface area contributed by atoms with Crippen molar-refractivity contribution in [1.29, 1.82) is 0 Å². The van der Waals surface area contributed by atoms with Gasteiger partial charge in [0.15, 0.2) is 0 Å². The predicted molar refractivity (Wildman–Crippen MR) is 169 cm³/mol. The molecule has 3 aromatic carbocycles. The molecule has 9 nitrogen and oxygen atoms in total. The number of anilines is 3. The lowest BCUT2D eigenvalue weighted by Crippen LogP contribution is -2.46. The number of aryl methyl sites for hydroxylation is 1. The van der Waals surface area contributed by atoms with Crippen LogP contribution in [0.4, 0.5) is 21.9 Å². The predicted octanol–water partition coefficient (Wildman–Crippen LogP) is 4.33. The molecule has 3 aromatic rings. The molecule has 2 fully saturated rings. The third kappa shape index (κ3) is 7.88. The summed E-state index contributed by atoms with van der Waals surface area (Å²) in [6.45, 7) is 12.9. The summed E-state index contributed by atoms with van der Waals surface area (Å²) in [4.78, 5) is 33.5. The SMILES string of the molecule is Cc1cccc(NC(=O)Nc2ccc(N3CCN(Cc4ccccc4)CC3)c(C(=O)NCCN3CCOCC3)c2)c1C. The number of ether oxygens (including phenoxy) is 1. The Balaban J connectivity index is 1.27. The summed E-state index contributed by atoms with van der Waals surface area (Å²) in [5, 5.41) is 8.98. The highest BCUT2D eigenvalue weighted by molar-refractivity contribution is 6.04. The van der Waals surface area contributed by atoms with Crippen LogP contribution in [0.15, 0.2) is 66.7 Å². The first-order valence-electron chi connectivity index (χ1n) is 14.8. The van der Waals surface area contributed by atoms with Crippen molar-refractivity contribution in [3.63, 3.8) is 0 Å². The Morgan fingerprint density at radius 3 is 2.33 bits per heavy atom. The van der Waals surface area contributed by atoms with Crippen LogP contribution < -0.4 is 20.9 Å². The Bertz CT molecular complexity index is 1350. The fourth-order valence-corrected chi connectivity index (χ4v) is 5.48. The standard InChI is InChI=1S/C33H42N6O3/c1-25-7-6-10-30(26(25)2)36-33(41)35-28-11-12-31(29(23-28)32(40)34-13-14-37-19-21-42-22-20-37)39-17-15-38(16-18-39)24-27-8-4-3-5-9-27/h3-12,23H,13-22,24H2,1-2H3,(H,34,40)(H2,35,36,41). The van der Waals surface area contributed by atoms with E-state index in [0.717, 1.165) is 88.1 Å². The van der Waals surface area contributed by atoms with Crippen molar-refractivity contribution in [3.05, 3.63) is 89.0 Å². The number of piperazine rings is 1. The van der Waals surface area contributed by atoms with E-state index in [0.29, 0.717) is 17.8 Å². The van der Waals surface area contributed by atoms with Crippen molar-refractivity contribution >= 4 is 29.0 Å². The monoisotopic (exact) mass is 570 g/mol. The van der Waals surface area contributed by atoms with Gasteiger partial charge in [-0.3, -0.25) is 14.6 Å². The average molecular weight is 571 g/mol. The van der Waals surface area contributed by atoms with Crippen LogP contribution in [-0.4, -0.2) is 87.3 Å². The van der Waals surface area contributed by atoms with Crippen molar-refractivity contribution in [2.24, 2.45) is 0 Å². The van der Waals surface area contributed by atoms with Gasteiger partial charge in [-0.1, -0.05) is 42.5 Å². The molecule has 3 amide bonds. The number of hydrogen-bond donors (Lipinski definition) is 3. The number of nitrogens with one attached hydrogen (secondary N) is 3. The first-order valence-corrected chi connectivity index (χ1v) is 14.8. The Morgan fingerprint density at radius 2 is 1.57 bits per heavy atom. The molecule has 5 rings (SSSR count). The third-order valence-electron chi connectivity index (χ3n) is 8.13. The lowest BCUT2D eigenvalue weighted by Gasteiger charge is -2.37. The molecule has 2 aliphatic heterocycles. The Labute approximate surface area is 248 Å². The van der Waals surface area contributed by atoms with Gasteiger partial charge >= 0.3 is 6.03 Å². The maximum Gasteiger partial charge on any atom is 0.323 e. The summed E-state index contributed by atoms with van der Waals surface area (Å²) in [5.74, 6) is -0.136. The second-order valence-electron chi connectivity index (χ2n) is 11.0. The topological polar surface area (TPSA) is 89.2 Å². The van der Waals surface area contributed by atoms with Gasteiger partial charge in [0.2, 0.25) is 0 Å². The minimum Gasteiger partial charge on any atom is -0.379 e. The van der Waals surface area contributed by atoms with E-state index in [-0.39, 0.29) is 11.9 Å². The summed E-state index contributed by atoms with van der Waals surface area (Å²) in [6.07, 6.45) is 0. The molecular formula is C33H42N6O3. The van der Waals surface area contributed by atoms with Crippen molar-refractivity contribution in [1.82, 2.24) is 15.1 Å².